The largest absolute Gasteiger partial charge is 0.398 e. The fourth-order valence-corrected chi connectivity index (χ4v) is 2.06. The summed E-state index contributed by atoms with van der Waals surface area (Å²) in [6.45, 7) is 3.30. The van der Waals surface area contributed by atoms with Crippen molar-refractivity contribution >= 4 is 11.6 Å². The maximum absolute atomic E-state index is 11.9. The van der Waals surface area contributed by atoms with Gasteiger partial charge in [-0.25, -0.2) is 0 Å². The van der Waals surface area contributed by atoms with Gasteiger partial charge >= 0.3 is 0 Å². The third-order valence-electron chi connectivity index (χ3n) is 3.31. The topological polar surface area (TPSA) is 64.3 Å². The monoisotopic (exact) mass is 248 g/mol. The number of benzene rings is 1. The molecule has 1 saturated heterocycles. The summed E-state index contributed by atoms with van der Waals surface area (Å²) < 4.78 is 5.57. The van der Waals surface area contributed by atoms with E-state index in [-0.39, 0.29) is 12.0 Å². The molecule has 4 heteroatoms. The van der Waals surface area contributed by atoms with Gasteiger partial charge in [-0.05, 0) is 43.9 Å². The minimum Gasteiger partial charge on any atom is -0.398 e. The smallest absolute Gasteiger partial charge is 0.251 e. The number of nitrogen functional groups attached to an aromatic ring is 1. The number of nitrogens with two attached hydrogens (primary N) is 1. The molecule has 0 spiro atoms. The first-order valence-electron chi connectivity index (χ1n) is 6.43. The summed E-state index contributed by atoms with van der Waals surface area (Å²) in [5.41, 5.74) is 8.04. The van der Waals surface area contributed by atoms with Crippen molar-refractivity contribution in [2.24, 2.45) is 0 Å². The molecule has 0 aliphatic carbocycles. The highest BCUT2D eigenvalue weighted by molar-refractivity contribution is 5.95. The number of carbonyl (C=O) groups is 1. The number of hydrogen-bond acceptors (Lipinski definition) is 3. The first-order valence-corrected chi connectivity index (χ1v) is 6.43. The quantitative estimate of drug-likeness (QED) is 0.803. The first-order chi connectivity index (χ1) is 8.66. The average molecular weight is 248 g/mol. The van der Waals surface area contributed by atoms with Gasteiger partial charge in [0.15, 0.2) is 0 Å². The molecule has 1 aromatic carbocycles. The van der Waals surface area contributed by atoms with Crippen molar-refractivity contribution in [1.29, 1.82) is 0 Å². The van der Waals surface area contributed by atoms with Crippen molar-refractivity contribution < 1.29 is 9.53 Å². The average Bonchev–Trinajstić information content (AvgIpc) is 2.40. The van der Waals surface area contributed by atoms with Crippen molar-refractivity contribution in [1.82, 2.24) is 5.32 Å². The van der Waals surface area contributed by atoms with E-state index in [1.165, 1.54) is 6.42 Å². The minimum atomic E-state index is -0.0872. The van der Waals surface area contributed by atoms with E-state index in [0.717, 1.165) is 25.0 Å². The van der Waals surface area contributed by atoms with Gasteiger partial charge in [-0.3, -0.25) is 4.79 Å². The molecular formula is C14H20N2O2. The van der Waals surface area contributed by atoms with E-state index < -0.39 is 0 Å². The predicted octanol–water partition coefficient (Wildman–Crippen LogP) is 1.88. The molecule has 0 bridgehead atoms. The Bertz CT molecular complexity index is 426. The Morgan fingerprint density at radius 2 is 2.33 bits per heavy atom. The zero-order valence-corrected chi connectivity index (χ0v) is 10.7. The van der Waals surface area contributed by atoms with E-state index in [0.29, 0.717) is 17.8 Å². The molecule has 1 aliphatic heterocycles. The molecule has 0 saturated carbocycles. The van der Waals surface area contributed by atoms with E-state index in [1.54, 1.807) is 12.1 Å². The minimum absolute atomic E-state index is 0.0872. The summed E-state index contributed by atoms with van der Waals surface area (Å²) >= 11 is 0. The van der Waals surface area contributed by atoms with Crippen molar-refractivity contribution in [3.8, 4) is 0 Å². The maximum atomic E-state index is 11.9. The van der Waals surface area contributed by atoms with E-state index in [2.05, 4.69) is 5.32 Å². The Kier molecular flexibility index (Phi) is 4.20. The molecule has 2 rings (SSSR count). The van der Waals surface area contributed by atoms with Crippen LogP contribution in [0, 0.1) is 6.92 Å². The molecule has 3 N–H and O–H groups in total. The molecular weight excluding hydrogens is 228 g/mol. The van der Waals surface area contributed by atoms with E-state index in [1.807, 2.05) is 13.0 Å². The van der Waals surface area contributed by atoms with Crippen LogP contribution in [0.5, 0.6) is 0 Å². The molecule has 1 fully saturated rings. The summed E-state index contributed by atoms with van der Waals surface area (Å²) in [5, 5.41) is 2.90. The summed E-state index contributed by atoms with van der Waals surface area (Å²) in [4.78, 5) is 11.9. The molecule has 1 aliphatic rings. The van der Waals surface area contributed by atoms with Crippen molar-refractivity contribution in [3.63, 3.8) is 0 Å². The Hall–Kier alpha value is -1.55. The second-order valence-corrected chi connectivity index (χ2v) is 4.77. The highest BCUT2D eigenvalue weighted by atomic mass is 16.5. The molecule has 98 valence electrons. The normalized spacial score (nSPS) is 19.5. The van der Waals surface area contributed by atoms with E-state index >= 15 is 0 Å². The van der Waals surface area contributed by atoms with Gasteiger partial charge in [0.1, 0.15) is 0 Å². The zero-order valence-electron chi connectivity index (χ0n) is 10.7. The lowest BCUT2D eigenvalue weighted by Gasteiger charge is -2.22. The Morgan fingerprint density at radius 3 is 3.00 bits per heavy atom. The van der Waals surface area contributed by atoms with Crippen LogP contribution in [0.25, 0.3) is 0 Å². The third-order valence-corrected chi connectivity index (χ3v) is 3.31. The van der Waals surface area contributed by atoms with Gasteiger partial charge in [-0.1, -0.05) is 6.07 Å². The van der Waals surface area contributed by atoms with Crippen LogP contribution in [0.2, 0.25) is 0 Å². The fourth-order valence-electron chi connectivity index (χ4n) is 2.06. The van der Waals surface area contributed by atoms with Crippen LogP contribution in [0.1, 0.15) is 35.2 Å². The summed E-state index contributed by atoms with van der Waals surface area (Å²) in [6, 6.07) is 5.37. The molecule has 0 aromatic heterocycles. The van der Waals surface area contributed by atoms with Gasteiger partial charge in [0.25, 0.3) is 5.91 Å². The Labute approximate surface area is 108 Å². The van der Waals surface area contributed by atoms with E-state index in [4.69, 9.17) is 10.5 Å². The van der Waals surface area contributed by atoms with Gasteiger partial charge in [0.05, 0.1) is 6.10 Å². The SMILES string of the molecule is Cc1ccc(C(=O)NCC2CCCCO2)cc1N. The van der Waals surface area contributed by atoms with Crippen LogP contribution < -0.4 is 11.1 Å². The number of carbonyl (C=O) groups excluding carboxylic acids is 1. The van der Waals surface area contributed by atoms with Gasteiger partial charge in [-0.2, -0.15) is 0 Å². The lowest BCUT2D eigenvalue weighted by molar-refractivity contribution is 0.0169. The number of anilines is 1. The number of nitrogens with one attached hydrogen (secondary N) is 1. The van der Waals surface area contributed by atoms with Crippen molar-refractivity contribution in [2.75, 3.05) is 18.9 Å². The zero-order chi connectivity index (χ0) is 13.0. The number of amides is 1. The van der Waals surface area contributed by atoms with Crippen LogP contribution in [0.15, 0.2) is 18.2 Å². The fraction of sp³-hybridized carbons (Fsp3) is 0.500. The highest BCUT2D eigenvalue weighted by Crippen LogP contribution is 2.14. The van der Waals surface area contributed by atoms with Gasteiger partial charge in [0, 0.05) is 24.4 Å². The maximum Gasteiger partial charge on any atom is 0.251 e. The summed E-state index contributed by atoms with van der Waals surface area (Å²) in [6.07, 6.45) is 3.48. The number of ether oxygens (including phenoxy) is 1. The molecule has 1 aromatic rings. The molecule has 1 unspecified atom stereocenters. The second kappa shape index (κ2) is 5.87. The number of rotatable bonds is 3. The first kappa shape index (κ1) is 12.9. The lowest BCUT2D eigenvalue weighted by Crippen LogP contribution is -2.35. The van der Waals surface area contributed by atoms with Crippen molar-refractivity contribution in [3.05, 3.63) is 29.3 Å². The predicted molar refractivity (Wildman–Crippen MR) is 71.5 cm³/mol. The van der Waals surface area contributed by atoms with Gasteiger partial charge < -0.3 is 15.8 Å². The third kappa shape index (κ3) is 3.23. The van der Waals surface area contributed by atoms with Crippen LogP contribution >= 0.6 is 0 Å². The molecule has 0 radical (unpaired) electrons. The second-order valence-electron chi connectivity index (χ2n) is 4.77. The molecule has 4 nitrogen and oxygen atoms in total. The number of aryl methyl sites for hydroxylation is 1. The van der Waals surface area contributed by atoms with Crippen molar-refractivity contribution in [2.45, 2.75) is 32.3 Å². The standard InChI is InChI=1S/C14H20N2O2/c1-10-5-6-11(8-13(10)15)14(17)16-9-12-4-2-3-7-18-12/h5-6,8,12H,2-4,7,9,15H2,1H3,(H,16,17). The Morgan fingerprint density at radius 1 is 1.50 bits per heavy atom. The highest BCUT2D eigenvalue weighted by Gasteiger charge is 2.15. The van der Waals surface area contributed by atoms with Crippen LogP contribution in [-0.2, 0) is 4.74 Å². The molecule has 1 atom stereocenters. The van der Waals surface area contributed by atoms with Crippen LogP contribution in [0.4, 0.5) is 5.69 Å². The molecule has 1 heterocycles. The summed E-state index contributed by atoms with van der Waals surface area (Å²) in [7, 11) is 0. The van der Waals surface area contributed by atoms with Gasteiger partial charge in [0.2, 0.25) is 0 Å². The van der Waals surface area contributed by atoms with E-state index in [9.17, 15) is 4.79 Å². The molecule has 18 heavy (non-hydrogen) atoms. The van der Waals surface area contributed by atoms with Gasteiger partial charge in [-0.15, -0.1) is 0 Å². The van der Waals surface area contributed by atoms with Crippen LogP contribution in [0.3, 0.4) is 0 Å². The van der Waals surface area contributed by atoms with Crippen LogP contribution in [-0.4, -0.2) is 25.2 Å². The lowest BCUT2D eigenvalue weighted by atomic mass is 10.1. The number of hydrogen-bond donors (Lipinski definition) is 2. The summed E-state index contributed by atoms with van der Waals surface area (Å²) in [5.74, 6) is -0.0872. The molecule has 1 amide bonds. The Balaban J connectivity index is 1.88.